The Hall–Kier alpha value is -2.04. The minimum absolute atomic E-state index is 0.292. The summed E-state index contributed by atoms with van der Waals surface area (Å²) in [6, 6.07) is 6.15. The Morgan fingerprint density at radius 2 is 1.89 bits per heavy atom. The number of methoxy groups -OCH3 is 1. The van der Waals surface area contributed by atoms with Crippen LogP contribution in [0.25, 0.3) is 0 Å². The van der Waals surface area contributed by atoms with Crippen molar-refractivity contribution in [2.75, 3.05) is 13.7 Å². The standard InChI is InChI=1S/C13H17NO4/c1-4-18-11-7-5-10(6-8-11)12(13(16)17-3)14-9(2)15/h5-8,12H,4H2,1-3H3,(H,14,15). The van der Waals surface area contributed by atoms with E-state index in [1.54, 1.807) is 24.3 Å². The lowest BCUT2D eigenvalue weighted by molar-refractivity contribution is -0.145. The van der Waals surface area contributed by atoms with Crippen molar-refractivity contribution in [1.29, 1.82) is 0 Å². The average molecular weight is 251 g/mol. The van der Waals surface area contributed by atoms with E-state index in [4.69, 9.17) is 4.74 Å². The Bertz CT molecular complexity index is 414. The van der Waals surface area contributed by atoms with E-state index < -0.39 is 12.0 Å². The number of benzene rings is 1. The van der Waals surface area contributed by atoms with E-state index in [1.165, 1.54) is 14.0 Å². The molecule has 0 aliphatic carbocycles. The van der Waals surface area contributed by atoms with Crippen LogP contribution in [0.4, 0.5) is 0 Å². The van der Waals surface area contributed by atoms with Crippen molar-refractivity contribution in [2.24, 2.45) is 0 Å². The zero-order valence-corrected chi connectivity index (χ0v) is 10.7. The maximum atomic E-state index is 11.6. The fourth-order valence-corrected chi connectivity index (χ4v) is 1.52. The molecule has 18 heavy (non-hydrogen) atoms. The molecule has 5 heteroatoms. The molecule has 5 nitrogen and oxygen atoms in total. The number of ether oxygens (including phenoxy) is 2. The number of esters is 1. The molecule has 1 atom stereocenters. The van der Waals surface area contributed by atoms with Crippen LogP contribution in [-0.4, -0.2) is 25.6 Å². The van der Waals surface area contributed by atoms with Crippen LogP contribution in [0.1, 0.15) is 25.5 Å². The lowest BCUT2D eigenvalue weighted by Crippen LogP contribution is -2.32. The van der Waals surface area contributed by atoms with Crippen LogP contribution >= 0.6 is 0 Å². The summed E-state index contributed by atoms with van der Waals surface area (Å²) in [6.45, 7) is 3.82. The molecule has 0 spiro atoms. The van der Waals surface area contributed by atoms with Gasteiger partial charge in [0.25, 0.3) is 0 Å². The highest BCUT2D eigenvalue weighted by atomic mass is 16.5. The Kier molecular flexibility index (Phi) is 5.17. The minimum Gasteiger partial charge on any atom is -0.494 e. The number of carbonyl (C=O) groups excluding carboxylic acids is 2. The van der Waals surface area contributed by atoms with Crippen LogP contribution in [0.5, 0.6) is 5.75 Å². The molecule has 0 saturated carbocycles. The van der Waals surface area contributed by atoms with Crippen molar-refractivity contribution >= 4 is 11.9 Å². The topological polar surface area (TPSA) is 64.6 Å². The van der Waals surface area contributed by atoms with Gasteiger partial charge >= 0.3 is 5.97 Å². The Morgan fingerprint density at radius 3 is 2.33 bits per heavy atom. The fraction of sp³-hybridized carbons (Fsp3) is 0.385. The van der Waals surface area contributed by atoms with Crippen molar-refractivity contribution in [3.63, 3.8) is 0 Å². The van der Waals surface area contributed by atoms with Gasteiger partial charge in [0.05, 0.1) is 13.7 Å². The smallest absolute Gasteiger partial charge is 0.333 e. The van der Waals surface area contributed by atoms with Crippen LogP contribution in [-0.2, 0) is 14.3 Å². The number of amides is 1. The first-order chi connectivity index (χ1) is 8.58. The van der Waals surface area contributed by atoms with Crippen LogP contribution in [0.2, 0.25) is 0 Å². The van der Waals surface area contributed by atoms with Gasteiger partial charge in [-0.15, -0.1) is 0 Å². The lowest BCUT2D eigenvalue weighted by atomic mass is 10.1. The van der Waals surface area contributed by atoms with Crippen molar-refractivity contribution in [3.8, 4) is 5.75 Å². The van der Waals surface area contributed by atoms with Crippen LogP contribution in [0.3, 0.4) is 0 Å². The van der Waals surface area contributed by atoms with E-state index in [2.05, 4.69) is 10.1 Å². The maximum absolute atomic E-state index is 11.6. The number of hydrogen-bond donors (Lipinski definition) is 1. The zero-order chi connectivity index (χ0) is 13.5. The van der Waals surface area contributed by atoms with Crippen molar-refractivity contribution in [3.05, 3.63) is 29.8 Å². The molecule has 0 heterocycles. The first-order valence-corrected chi connectivity index (χ1v) is 5.66. The highest BCUT2D eigenvalue weighted by molar-refractivity contribution is 5.84. The number of hydrogen-bond acceptors (Lipinski definition) is 4. The molecule has 0 saturated heterocycles. The first kappa shape index (κ1) is 14.0. The van der Waals surface area contributed by atoms with Gasteiger partial charge in [0.1, 0.15) is 5.75 Å². The molecule has 0 fully saturated rings. The second-order valence-electron chi connectivity index (χ2n) is 3.66. The zero-order valence-electron chi connectivity index (χ0n) is 10.7. The van der Waals surface area contributed by atoms with Crippen molar-refractivity contribution in [1.82, 2.24) is 5.32 Å². The molecule has 1 aromatic rings. The van der Waals surface area contributed by atoms with Gasteiger partial charge in [0.2, 0.25) is 5.91 Å². The molecule has 98 valence electrons. The molecule has 1 rings (SSSR count). The van der Waals surface area contributed by atoms with Gasteiger partial charge in [0.15, 0.2) is 6.04 Å². The lowest BCUT2D eigenvalue weighted by Gasteiger charge is -2.16. The summed E-state index contributed by atoms with van der Waals surface area (Å²) >= 11 is 0. The summed E-state index contributed by atoms with van der Waals surface area (Å²) in [4.78, 5) is 22.7. The molecule has 1 unspecified atom stereocenters. The van der Waals surface area contributed by atoms with Gasteiger partial charge in [-0.2, -0.15) is 0 Å². The maximum Gasteiger partial charge on any atom is 0.333 e. The summed E-state index contributed by atoms with van der Waals surface area (Å²) in [7, 11) is 1.28. The van der Waals surface area contributed by atoms with Gasteiger partial charge in [-0.25, -0.2) is 4.79 Å². The predicted octanol–water partition coefficient (Wildman–Crippen LogP) is 1.44. The van der Waals surface area contributed by atoms with Gasteiger partial charge in [0, 0.05) is 6.92 Å². The number of nitrogens with one attached hydrogen (secondary N) is 1. The van der Waals surface area contributed by atoms with E-state index in [9.17, 15) is 9.59 Å². The summed E-state index contributed by atoms with van der Waals surface area (Å²) in [5, 5.41) is 2.54. The number of carbonyl (C=O) groups is 2. The summed E-state index contributed by atoms with van der Waals surface area (Å²) in [5.41, 5.74) is 0.653. The summed E-state index contributed by atoms with van der Waals surface area (Å²) in [5.74, 6) is -0.0821. The highest BCUT2D eigenvalue weighted by Gasteiger charge is 2.22. The third-order valence-corrected chi connectivity index (χ3v) is 2.31. The normalized spacial score (nSPS) is 11.5. The second kappa shape index (κ2) is 6.64. The highest BCUT2D eigenvalue weighted by Crippen LogP contribution is 2.19. The van der Waals surface area contributed by atoms with Crippen molar-refractivity contribution in [2.45, 2.75) is 19.9 Å². The number of rotatable bonds is 5. The van der Waals surface area contributed by atoms with E-state index in [-0.39, 0.29) is 5.91 Å². The van der Waals surface area contributed by atoms with Crippen molar-refractivity contribution < 1.29 is 19.1 Å². The van der Waals surface area contributed by atoms with E-state index >= 15 is 0 Å². The Balaban J connectivity index is 2.90. The minimum atomic E-state index is -0.789. The third kappa shape index (κ3) is 3.76. The molecule has 0 aliphatic heterocycles. The quantitative estimate of drug-likeness (QED) is 0.804. The largest absolute Gasteiger partial charge is 0.494 e. The molecular formula is C13H17NO4. The summed E-state index contributed by atoms with van der Waals surface area (Å²) in [6.07, 6.45) is 0. The molecule has 0 aromatic heterocycles. The summed E-state index contributed by atoms with van der Waals surface area (Å²) < 4.78 is 9.97. The first-order valence-electron chi connectivity index (χ1n) is 5.66. The van der Waals surface area contributed by atoms with Gasteiger partial charge < -0.3 is 14.8 Å². The van der Waals surface area contributed by atoms with E-state index in [0.29, 0.717) is 17.9 Å². The molecule has 1 amide bonds. The van der Waals surface area contributed by atoms with Crippen LogP contribution in [0, 0.1) is 0 Å². The molecule has 0 radical (unpaired) electrons. The van der Waals surface area contributed by atoms with Crippen LogP contribution < -0.4 is 10.1 Å². The fourth-order valence-electron chi connectivity index (χ4n) is 1.52. The van der Waals surface area contributed by atoms with Crippen LogP contribution in [0.15, 0.2) is 24.3 Å². The Labute approximate surface area is 106 Å². The van der Waals surface area contributed by atoms with E-state index in [0.717, 1.165) is 0 Å². The SMILES string of the molecule is CCOc1ccc(C(NC(C)=O)C(=O)OC)cc1. The second-order valence-corrected chi connectivity index (χ2v) is 3.66. The molecular weight excluding hydrogens is 234 g/mol. The predicted molar refractivity (Wildman–Crippen MR) is 66.2 cm³/mol. The molecule has 0 bridgehead atoms. The molecule has 1 aromatic carbocycles. The monoisotopic (exact) mass is 251 g/mol. The van der Waals surface area contributed by atoms with E-state index in [1.807, 2.05) is 6.92 Å². The average Bonchev–Trinajstić information content (AvgIpc) is 2.36. The molecule has 0 aliphatic rings. The van der Waals surface area contributed by atoms with Gasteiger partial charge in [-0.05, 0) is 24.6 Å². The van der Waals surface area contributed by atoms with Gasteiger partial charge in [-0.3, -0.25) is 4.79 Å². The molecule has 1 N–H and O–H groups in total. The Morgan fingerprint density at radius 1 is 1.28 bits per heavy atom. The third-order valence-electron chi connectivity index (χ3n) is 2.31. The van der Waals surface area contributed by atoms with Gasteiger partial charge in [-0.1, -0.05) is 12.1 Å².